The lowest BCUT2D eigenvalue weighted by Gasteiger charge is -2.03. The van der Waals surface area contributed by atoms with Crippen LogP contribution in [0.2, 0.25) is 0 Å². The van der Waals surface area contributed by atoms with E-state index in [1.165, 1.54) is 12.7 Å². The summed E-state index contributed by atoms with van der Waals surface area (Å²) in [5.74, 6) is 0.338. The molecule has 0 aliphatic carbocycles. The first-order valence-corrected chi connectivity index (χ1v) is 4.90. The third kappa shape index (κ3) is 2.14. The summed E-state index contributed by atoms with van der Waals surface area (Å²) in [5, 5.41) is 5.59. The second-order valence-electron chi connectivity index (χ2n) is 3.22. The Labute approximate surface area is 91.7 Å². The molecular formula is C9H12N6O. The molecule has 0 fully saturated rings. The molecule has 0 saturated heterocycles. The van der Waals surface area contributed by atoms with Gasteiger partial charge in [-0.3, -0.25) is 4.79 Å². The molecule has 2 rings (SSSR count). The number of rotatable bonds is 4. The summed E-state index contributed by atoms with van der Waals surface area (Å²) in [6.45, 7) is 0.626. The number of carbonyl (C=O) groups is 1. The normalized spacial score (nSPS) is 10.6. The third-order valence-electron chi connectivity index (χ3n) is 2.08. The molecule has 0 unspecified atom stereocenters. The fraction of sp³-hybridized carbons (Fsp3) is 0.333. The number of hydrogen-bond acceptors (Lipinski definition) is 5. The maximum atomic E-state index is 11.5. The van der Waals surface area contributed by atoms with Gasteiger partial charge in [-0.2, -0.15) is 0 Å². The van der Waals surface area contributed by atoms with Crippen LogP contribution in [0, 0.1) is 0 Å². The van der Waals surface area contributed by atoms with Crippen molar-refractivity contribution in [2.45, 2.75) is 6.42 Å². The minimum atomic E-state index is -0.0997. The van der Waals surface area contributed by atoms with E-state index in [0.717, 1.165) is 0 Å². The lowest BCUT2D eigenvalue weighted by atomic mass is 10.4. The number of imidazole rings is 1. The van der Waals surface area contributed by atoms with Gasteiger partial charge in [0.05, 0.1) is 6.33 Å². The number of H-pyrrole nitrogens is 1. The van der Waals surface area contributed by atoms with Crippen LogP contribution in [0.25, 0.3) is 11.2 Å². The van der Waals surface area contributed by atoms with Gasteiger partial charge in [0.1, 0.15) is 6.33 Å². The highest BCUT2D eigenvalue weighted by molar-refractivity contribution is 5.96. The van der Waals surface area contributed by atoms with Crippen LogP contribution in [-0.2, 0) is 4.79 Å². The second kappa shape index (κ2) is 4.67. The molecule has 0 aliphatic rings. The predicted molar refractivity (Wildman–Crippen MR) is 58.9 cm³/mol. The topological polar surface area (TPSA) is 95.6 Å². The van der Waals surface area contributed by atoms with E-state index in [9.17, 15) is 4.79 Å². The van der Waals surface area contributed by atoms with Crippen LogP contribution in [0.1, 0.15) is 6.42 Å². The molecule has 0 aliphatic heterocycles. The first-order valence-electron chi connectivity index (χ1n) is 4.90. The van der Waals surface area contributed by atoms with Crippen LogP contribution in [-0.4, -0.2) is 39.4 Å². The van der Waals surface area contributed by atoms with Crippen molar-refractivity contribution in [2.75, 3.05) is 18.9 Å². The predicted octanol–water partition coefficient (Wildman–Crippen LogP) is -0.0991. The first kappa shape index (κ1) is 10.5. The zero-order chi connectivity index (χ0) is 11.4. The van der Waals surface area contributed by atoms with Gasteiger partial charge in [-0.05, 0) is 7.05 Å². The Morgan fingerprint density at radius 1 is 1.44 bits per heavy atom. The standard InChI is InChI=1S/C9H12N6O/c1-10-3-2-6(16)15-9-7-8(12-4-11-7)13-5-14-9/h4-5,10H,2-3H2,1H3,(H2,11,12,13,14,15,16). The van der Waals surface area contributed by atoms with E-state index in [2.05, 4.69) is 30.6 Å². The van der Waals surface area contributed by atoms with Gasteiger partial charge in [-0.1, -0.05) is 0 Å². The monoisotopic (exact) mass is 220 g/mol. The lowest BCUT2D eigenvalue weighted by Crippen LogP contribution is -2.19. The molecule has 0 atom stereocenters. The number of nitrogens with one attached hydrogen (secondary N) is 3. The fourth-order valence-electron chi connectivity index (χ4n) is 1.29. The molecule has 7 heteroatoms. The van der Waals surface area contributed by atoms with E-state index in [1.807, 2.05) is 0 Å². The SMILES string of the molecule is CNCCC(=O)Nc1ncnc2[nH]cnc12. The van der Waals surface area contributed by atoms with Gasteiger partial charge in [-0.15, -0.1) is 0 Å². The van der Waals surface area contributed by atoms with E-state index < -0.39 is 0 Å². The van der Waals surface area contributed by atoms with Crippen LogP contribution in [0.4, 0.5) is 5.82 Å². The van der Waals surface area contributed by atoms with Crippen molar-refractivity contribution < 1.29 is 4.79 Å². The van der Waals surface area contributed by atoms with Crippen LogP contribution < -0.4 is 10.6 Å². The Bertz CT molecular complexity index is 493. The molecule has 0 saturated carbocycles. The van der Waals surface area contributed by atoms with Crippen LogP contribution in [0.5, 0.6) is 0 Å². The Kier molecular flexibility index (Phi) is 3.06. The minimum Gasteiger partial charge on any atom is -0.329 e. The second-order valence-corrected chi connectivity index (χ2v) is 3.22. The number of anilines is 1. The molecule has 3 N–H and O–H groups in total. The molecule has 2 aromatic rings. The Balaban J connectivity index is 2.14. The van der Waals surface area contributed by atoms with Crippen molar-refractivity contribution in [3.8, 4) is 0 Å². The van der Waals surface area contributed by atoms with Crippen molar-refractivity contribution in [3.63, 3.8) is 0 Å². The van der Waals surface area contributed by atoms with Gasteiger partial charge in [0.25, 0.3) is 0 Å². The zero-order valence-corrected chi connectivity index (χ0v) is 8.82. The lowest BCUT2D eigenvalue weighted by molar-refractivity contribution is -0.116. The van der Waals surface area contributed by atoms with Crippen LogP contribution in [0.3, 0.4) is 0 Å². The number of aromatic nitrogens is 4. The summed E-state index contributed by atoms with van der Waals surface area (Å²) in [7, 11) is 1.80. The maximum Gasteiger partial charge on any atom is 0.226 e. The Morgan fingerprint density at radius 2 is 2.31 bits per heavy atom. The molecular weight excluding hydrogens is 208 g/mol. The van der Waals surface area contributed by atoms with Crippen molar-refractivity contribution in [3.05, 3.63) is 12.7 Å². The number of hydrogen-bond donors (Lipinski definition) is 3. The average Bonchev–Trinajstić information content (AvgIpc) is 2.75. The number of amides is 1. The summed E-state index contributed by atoms with van der Waals surface area (Å²) in [4.78, 5) is 26.3. The summed E-state index contributed by atoms with van der Waals surface area (Å²) < 4.78 is 0. The largest absolute Gasteiger partial charge is 0.329 e. The van der Waals surface area contributed by atoms with Gasteiger partial charge in [0, 0.05) is 13.0 Å². The number of nitrogens with zero attached hydrogens (tertiary/aromatic N) is 3. The summed E-state index contributed by atoms with van der Waals surface area (Å²) in [6, 6.07) is 0. The smallest absolute Gasteiger partial charge is 0.226 e. The number of carbonyl (C=O) groups excluding carboxylic acids is 1. The molecule has 0 spiro atoms. The molecule has 2 aromatic heterocycles. The number of aromatic amines is 1. The van der Waals surface area contributed by atoms with Gasteiger partial charge >= 0.3 is 0 Å². The van der Waals surface area contributed by atoms with E-state index in [4.69, 9.17) is 0 Å². The van der Waals surface area contributed by atoms with Gasteiger partial charge in [0.2, 0.25) is 5.91 Å². The van der Waals surface area contributed by atoms with Crippen LogP contribution >= 0.6 is 0 Å². The Morgan fingerprint density at radius 3 is 3.12 bits per heavy atom. The molecule has 2 heterocycles. The minimum absolute atomic E-state index is 0.0997. The molecule has 16 heavy (non-hydrogen) atoms. The van der Waals surface area contributed by atoms with Crippen LogP contribution in [0.15, 0.2) is 12.7 Å². The molecule has 84 valence electrons. The molecule has 0 bridgehead atoms. The van der Waals surface area contributed by atoms with Gasteiger partial charge in [-0.25, -0.2) is 15.0 Å². The van der Waals surface area contributed by atoms with E-state index >= 15 is 0 Å². The molecule has 0 radical (unpaired) electrons. The van der Waals surface area contributed by atoms with E-state index in [1.54, 1.807) is 7.05 Å². The average molecular weight is 220 g/mol. The van der Waals surface area contributed by atoms with Crippen molar-refractivity contribution in [1.82, 2.24) is 25.3 Å². The van der Waals surface area contributed by atoms with Gasteiger partial charge in [0.15, 0.2) is 17.0 Å². The maximum absolute atomic E-state index is 11.5. The first-order chi connectivity index (χ1) is 7.81. The molecule has 0 aromatic carbocycles. The quantitative estimate of drug-likeness (QED) is 0.668. The van der Waals surface area contributed by atoms with E-state index in [-0.39, 0.29) is 5.91 Å². The Hall–Kier alpha value is -2.02. The highest BCUT2D eigenvalue weighted by Crippen LogP contribution is 2.14. The fourth-order valence-corrected chi connectivity index (χ4v) is 1.29. The zero-order valence-electron chi connectivity index (χ0n) is 8.82. The van der Waals surface area contributed by atoms with Crippen molar-refractivity contribution in [2.24, 2.45) is 0 Å². The van der Waals surface area contributed by atoms with E-state index in [0.29, 0.717) is 29.9 Å². The summed E-state index contributed by atoms with van der Waals surface area (Å²) >= 11 is 0. The molecule has 1 amide bonds. The van der Waals surface area contributed by atoms with Crippen molar-refractivity contribution >= 4 is 22.9 Å². The van der Waals surface area contributed by atoms with Gasteiger partial charge < -0.3 is 15.6 Å². The highest BCUT2D eigenvalue weighted by Gasteiger charge is 2.08. The molecule has 7 nitrogen and oxygen atoms in total. The number of fused-ring (bicyclic) bond motifs is 1. The summed E-state index contributed by atoms with van der Waals surface area (Å²) in [6.07, 6.45) is 3.29. The summed E-state index contributed by atoms with van der Waals surface area (Å²) in [5.41, 5.74) is 1.18. The highest BCUT2D eigenvalue weighted by atomic mass is 16.1. The van der Waals surface area contributed by atoms with Crippen molar-refractivity contribution in [1.29, 1.82) is 0 Å². The third-order valence-corrected chi connectivity index (χ3v) is 2.08.